The summed E-state index contributed by atoms with van der Waals surface area (Å²) in [7, 11) is 3.60. The first-order valence-corrected chi connectivity index (χ1v) is 11.5. The zero-order valence-corrected chi connectivity index (χ0v) is 19.5. The molecule has 0 radical (unpaired) electrons. The maximum absolute atomic E-state index is 12.3. The van der Waals surface area contributed by atoms with Crippen LogP contribution >= 0.6 is 0 Å². The largest absolute Gasteiger partial charge is 0.460 e. The van der Waals surface area contributed by atoms with E-state index in [2.05, 4.69) is 26.8 Å². The van der Waals surface area contributed by atoms with Crippen molar-refractivity contribution in [3.63, 3.8) is 0 Å². The number of amides is 1. The fourth-order valence-electron chi connectivity index (χ4n) is 4.27. The molecule has 1 unspecified atom stereocenters. The average molecular weight is 457 g/mol. The molecule has 2 fully saturated rings. The normalized spacial score (nSPS) is 23.3. The van der Waals surface area contributed by atoms with Gasteiger partial charge in [-0.2, -0.15) is 15.0 Å². The van der Waals surface area contributed by atoms with E-state index < -0.39 is 0 Å². The Bertz CT molecular complexity index is 946. The minimum atomic E-state index is -0.124. The topological polar surface area (TPSA) is 114 Å². The Balaban J connectivity index is 1.56. The van der Waals surface area contributed by atoms with E-state index in [9.17, 15) is 9.90 Å². The van der Waals surface area contributed by atoms with Gasteiger partial charge in [0, 0.05) is 38.3 Å². The lowest BCUT2D eigenvalue weighted by atomic mass is 9.86. The molecule has 178 valence electrons. The minimum absolute atomic E-state index is 0.0451. The van der Waals surface area contributed by atoms with Gasteiger partial charge in [0.15, 0.2) is 5.82 Å². The van der Waals surface area contributed by atoms with Crippen LogP contribution in [0.4, 0.5) is 5.95 Å². The van der Waals surface area contributed by atoms with Crippen LogP contribution in [0.25, 0.3) is 11.4 Å². The summed E-state index contributed by atoms with van der Waals surface area (Å²) in [5.41, 5.74) is 1.30. The summed E-state index contributed by atoms with van der Waals surface area (Å²) in [5, 5.41) is 9.29. The van der Waals surface area contributed by atoms with Gasteiger partial charge in [0.25, 0.3) is 0 Å². The van der Waals surface area contributed by atoms with Crippen LogP contribution in [-0.2, 0) is 16.1 Å². The molecule has 1 saturated heterocycles. The Kier molecular flexibility index (Phi) is 7.34. The molecular weight excluding hydrogens is 424 g/mol. The molecule has 2 aliphatic rings. The first kappa shape index (κ1) is 23.3. The third kappa shape index (κ3) is 5.56. The average Bonchev–Trinajstić information content (AvgIpc) is 2.84. The highest BCUT2D eigenvalue weighted by atomic mass is 16.5. The van der Waals surface area contributed by atoms with E-state index in [-0.39, 0.29) is 36.6 Å². The van der Waals surface area contributed by atoms with Crippen LogP contribution in [0.5, 0.6) is 6.01 Å². The molecule has 1 amide bonds. The molecule has 10 heteroatoms. The highest BCUT2D eigenvalue weighted by molar-refractivity contribution is 5.78. The minimum Gasteiger partial charge on any atom is -0.460 e. The van der Waals surface area contributed by atoms with Crippen molar-refractivity contribution >= 4 is 11.9 Å². The standard InChI is InChI=1S/C23H32N6O4/c1-15-14-32-11-10-29(15)22-25-20(17-4-7-18(13-30)24-12-17)26-23(27-22)33-19-8-5-16(6-9-19)21(31)28(2)3/h4,7,12,15-16,19,30H,5-6,8-11,13-14H2,1-3H3. The number of rotatable bonds is 6. The molecule has 1 saturated carbocycles. The summed E-state index contributed by atoms with van der Waals surface area (Å²) in [6, 6.07) is 3.99. The van der Waals surface area contributed by atoms with Crippen molar-refractivity contribution in [1.82, 2.24) is 24.8 Å². The lowest BCUT2D eigenvalue weighted by Crippen LogP contribution is -2.44. The number of ether oxygens (including phenoxy) is 2. The van der Waals surface area contributed by atoms with Crippen LogP contribution in [0.15, 0.2) is 18.3 Å². The number of aromatic nitrogens is 4. The second-order valence-corrected chi connectivity index (χ2v) is 8.88. The monoisotopic (exact) mass is 456 g/mol. The SMILES string of the molecule is CC1COCCN1c1nc(OC2CCC(C(=O)N(C)C)CC2)nc(-c2ccc(CO)nc2)n1. The van der Waals surface area contributed by atoms with Crippen LogP contribution in [0.3, 0.4) is 0 Å². The molecule has 1 aliphatic carbocycles. The van der Waals surface area contributed by atoms with Gasteiger partial charge in [0.05, 0.1) is 31.6 Å². The molecule has 4 rings (SSSR count). The second-order valence-electron chi connectivity index (χ2n) is 8.88. The number of carbonyl (C=O) groups is 1. The second kappa shape index (κ2) is 10.4. The molecule has 1 N–H and O–H groups in total. The quantitative estimate of drug-likeness (QED) is 0.693. The Morgan fingerprint density at radius 1 is 1.21 bits per heavy atom. The number of pyridine rings is 1. The number of aliphatic hydroxyl groups excluding tert-OH is 1. The number of carbonyl (C=O) groups excluding carboxylic acids is 1. The van der Waals surface area contributed by atoms with Crippen molar-refractivity contribution in [2.75, 3.05) is 38.8 Å². The predicted molar refractivity (Wildman–Crippen MR) is 122 cm³/mol. The molecule has 1 aliphatic heterocycles. The van der Waals surface area contributed by atoms with E-state index in [1.54, 1.807) is 31.3 Å². The highest BCUT2D eigenvalue weighted by Crippen LogP contribution is 2.29. The smallest absolute Gasteiger partial charge is 0.322 e. The first-order chi connectivity index (χ1) is 15.9. The van der Waals surface area contributed by atoms with Crippen LogP contribution in [0, 0.1) is 5.92 Å². The van der Waals surface area contributed by atoms with Crippen molar-refractivity contribution in [1.29, 1.82) is 0 Å². The van der Waals surface area contributed by atoms with Gasteiger partial charge in [-0.1, -0.05) is 0 Å². The number of morpholine rings is 1. The van der Waals surface area contributed by atoms with Gasteiger partial charge < -0.3 is 24.4 Å². The Hall–Kier alpha value is -2.85. The van der Waals surface area contributed by atoms with Gasteiger partial charge in [-0.3, -0.25) is 9.78 Å². The van der Waals surface area contributed by atoms with Gasteiger partial charge in [0.1, 0.15) is 6.10 Å². The Morgan fingerprint density at radius 3 is 2.64 bits per heavy atom. The summed E-state index contributed by atoms with van der Waals surface area (Å²) in [6.45, 7) is 3.85. The van der Waals surface area contributed by atoms with E-state index in [1.165, 1.54) is 0 Å². The fourth-order valence-corrected chi connectivity index (χ4v) is 4.27. The van der Waals surface area contributed by atoms with Gasteiger partial charge in [-0.25, -0.2) is 0 Å². The van der Waals surface area contributed by atoms with Crippen molar-refractivity contribution in [3.8, 4) is 17.4 Å². The third-order valence-electron chi connectivity index (χ3n) is 6.21. The van der Waals surface area contributed by atoms with E-state index in [0.29, 0.717) is 37.2 Å². The molecule has 0 spiro atoms. The number of nitrogens with zero attached hydrogens (tertiary/aromatic N) is 6. The molecule has 0 bridgehead atoms. The Morgan fingerprint density at radius 2 is 2.00 bits per heavy atom. The molecule has 0 aromatic carbocycles. The zero-order chi connectivity index (χ0) is 23.4. The van der Waals surface area contributed by atoms with Gasteiger partial charge in [0.2, 0.25) is 11.9 Å². The Labute approximate surface area is 194 Å². The maximum Gasteiger partial charge on any atom is 0.322 e. The van der Waals surface area contributed by atoms with Crippen molar-refractivity contribution < 1.29 is 19.4 Å². The predicted octanol–water partition coefficient (Wildman–Crippen LogP) is 1.68. The van der Waals surface area contributed by atoms with Crippen LogP contribution in [0.2, 0.25) is 0 Å². The third-order valence-corrected chi connectivity index (χ3v) is 6.21. The summed E-state index contributed by atoms with van der Waals surface area (Å²) in [4.78, 5) is 34.2. The molecule has 2 aromatic heterocycles. The van der Waals surface area contributed by atoms with Gasteiger partial charge >= 0.3 is 6.01 Å². The molecular formula is C23H32N6O4. The molecule has 2 aromatic rings. The van der Waals surface area contributed by atoms with Gasteiger partial charge in [-0.15, -0.1) is 0 Å². The van der Waals surface area contributed by atoms with E-state index in [4.69, 9.17) is 14.5 Å². The summed E-state index contributed by atoms with van der Waals surface area (Å²) in [5.74, 6) is 1.25. The van der Waals surface area contributed by atoms with E-state index >= 15 is 0 Å². The number of aliphatic hydroxyl groups is 1. The molecule has 3 heterocycles. The van der Waals surface area contributed by atoms with Crippen LogP contribution < -0.4 is 9.64 Å². The summed E-state index contributed by atoms with van der Waals surface area (Å²) < 4.78 is 11.8. The van der Waals surface area contributed by atoms with Crippen LogP contribution in [0.1, 0.15) is 38.3 Å². The number of hydrogen-bond acceptors (Lipinski definition) is 9. The van der Waals surface area contributed by atoms with E-state index in [0.717, 1.165) is 31.2 Å². The first-order valence-electron chi connectivity index (χ1n) is 11.5. The lowest BCUT2D eigenvalue weighted by Gasteiger charge is -2.33. The van der Waals surface area contributed by atoms with Crippen molar-refractivity contribution in [2.45, 2.75) is 51.4 Å². The molecule has 1 atom stereocenters. The zero-order valence-electron chi connectivity index (χ0n) is 19.5. The van der Waals surface area contributed by atoms with E-state index in [1.807, 2.05) is 6.07 Å². The molecule has 33 heavy (non-hydrogen) atoms. The van der Waals surface area contributed by atoms with Crippen molar-refractivity contribution in [2.24, 2.45) is 5.92 Å². The summed E-state index contributed by atoms with van der Waals surface area (Å²) >= 11 is 0. The summed E-state index contributed by atoms with van der Waals surface area (Å²) in [6.07, 6.45) is 4.74. The lowest BCUT2D eigenvalue weighted by molar-refractivity contribution is -0.134. The number of anilines is 1. The number of hydrogen-bond donors (Lipinski definition) is 1. The molecule has 10 nitrogen and oxygen atoms in total. The van der Waals surface area contributed by atoms with Gasteiger partial charge in [-0.05, 0) is 44.7 Å². The van der Waals surface area contributed by atoms with Crippen molar-refractivity contribution in [3.05, 3.63) is 24.0 Å². The fraction of sp³-hybridized carbons (Fsp3) is 0.609. The van der Waals surface area contributed by atoms with Crippen LogP contribution in [-0.4, -0.2) is 81.8 Å². The maximum atomic E-state index is 12.3. The highest BCUT2D eigenvalue weighted by Gasteiger charge is 2.29.